The highest BCUT2D eigenvalue weighted by Crippen LogP contribution is 2.15. The van der Waals surface area contributed by atoms with Gasteiger partial charge in [0, 0.05) is 37.4 Å². The fourth-order valence-electron chi connectivity index (χ4n) is 3.09. The van der Waals surface area contributed by atoms with Gasteiger partial charge in [0.05, 0.1) is 0 Å². The summed E-state index contributed by atoms with van der Waals surface area (Å²) in [7, 11) is 2.05. The molecular formula is C22H27N3O3. The normalized spacial score (nSPS) is 14.6. The Bertz CT molecular complexity index is 812. The van der Waals surface area contributed by atoms with Gasteiger partial charge in [-0.05, 0) is 49.4 Å². The number of rotatable bonds is 6. The molecule has 0 radical (unpaired) electrons. The average molecular weight is 381 g/mol. The number of ether oxygens (including phenoxy) is 1. The maximum Gasteiger partial charge on any atom is 0.262 e. The van der Waals surface area contributed by atoms with E-state index in [1.54, 1.807) is 24.3 Å². The second kappa shape index (κ2) is 9.37. The van der Waals surface area contributed by atoms with Crippen molar-refractivity contribution in [2.24, 2.45) is 0 Å². The fourth-order valence-corrected chi connectivity index (χ4v) is 3.09. The lowest BCUT2D eigenvalue weighted by atomic mass is 10.1. The number of amides is 2. The number of anilines is 1. The highest BCUT2D eigenvalue weighted by Gasteiger charge is 2.20. The summed E-state index contributed by atoms with van der Waals surface area (Å²) >= 11 is 0. The summed E-state index contributed by atoms with van der Waals surface area (Å²) in [5, 5.41) is 2.80. The van der Waals surface area contributed by atoms with Crippen LogP contribution in [-0.2, 0) is 11.2 Å². The molecule has 1 heterocycles. The average Bonchev–Trinajstić information content (AvgIpc) is 2.73. The molecule has 3 rings (SSSR count). The number of benzene rings is 2. The Kier molecular flexibility index (Phi) is 6.66. The summed E-state index contributed by atoms with van der Waals surface area (Å²) in [5.74, 6) is 0.395. The second-order valence-electron chi connectivity index (χ2n) is 7.01. The van der Waals surface area contributed by atoms with Crippen LogP contribution in [0.25, 0.3) is 0 Å². The number of piperazine rings is 1. The van der Waals surface area contributed by atoms with Gasteiger partial charge < -0.3 is 19.9 Å². The Morgan fingerprint density at radius 1 is 1.04 bits per heavy atom. The predicted octanol–water partition coefficient (Wildman–Crippen LogP) is 2.65. The number of nitrogens with zero attached hydrogens (tertiary/aromatic N) is 2. The van der Waals surface area contributed by atoms with Gasteiger partial charge in [-0.15, -0.1) is 0 Å². The third kappa shape index (κ3) is 5.33. The smallest absolute Gasteiger partial charge is 0.262 e. The Morgan fingerprint density at radius 2 is 1.75 bits per heavy atom. The van der Waals surface area contributed by atoms with Gasteiger partial charge in [0.25, 0.3) is 11.8 Å². The van der Waals surface area contributed by atoms with Crippen molar-refractivity contribution in [1.82, 2.24) is 9.80 Å². The first-order valence-electron chi connectivity index (χ1n) is 9.64. The maximum atomic E-state index is 12.7. The van der Waals surface area contributed by atoms with E-state index in [4.69, 9.17) is 4.74 Å². The van der Waals surface area contributed by atoms with Gasteiger partial charge in [-0.3, -0.25) is 9.59 Å². The maximum absolute atomic E-state index is 12.7. The van der Waals surface area contributed by atoms with Gasteiger partial charge >= 0.3 is 0 Å². The fraction of sp³-hybridized carbons (Fsp3) is 0.364. The van der Waals surface area contributed by atoms with Gasteiger partial charge in [0.2, 0.25) is 0 Å². The van der Waals surface area contributed by atoms with E-state index < -0.39 is 0 Å². The van der Waals surface area contributed by atoms with Crippen molar-refractivity contribution in [3.63, 3.8) is 0 Å². The third-order valence-corrected chi connectivity index (χ3v) is 4.89. The lowest BCUT2D eigenvalue weighted by molar-refractivity contribution is -0.118. The Hall–Kier alpha value is -2.86. The van der Waals surface area contributed by atoms with Gasteiger partial charge in [0.1, 0.15) is 5.75 Å². The van der Waals surface area contributed by atoms with Gasteiger partial charge in [0.15, 0.2) is 6.61 Å². The molecule has 0 spiro atoms. The molecule has 6 heteroatoms. The van der Waals surface area contributed by atoms with Crippen molar-refractivity contribution in [3.05, 3.63) is 59.7 Å². The van der Waals surface area contributed by atoms with E-state index in [2.05, 4.69) is 24.2 Å². The van der Waals surface area contributed by atoms with Crippen LogP contribution in [0.2, 0.25) is 0 Å². The number of hydrogen-bond acceptors (Lipinski definition) is 4. The van der Waals surface area contributed by atoms with Crippen LogP contribution in [-0.4, -0.2) is 61.4 Å². The largest absolute Gasteiger partial charge is 0.484 e. The highest BCUT2D eigenvalue weighted by atomic mass is 16.5. The Morgan fingerprint density at radius 3 is 2.43 bits per heavy atom. The van der Waals surface area contributed by atoms with Gasteiger partial charge in [-0.2, -0.15) is 0 Å². The minimum absolute atomic E-state index is 0.00328. The van der Waals surface area contributed by atoms with Crippen LogP contribution in [0.3, 0.4) is 0 Å². The lowest BCUT2D eigenvalue weighted by Crippen LogP contribution is -2.47. The molecule has 0 atom stereocenters. The molecule has 0 aromatic heterocycles. The first kappa shape index (κ1) is 19.9. The van der Waals surface area contributed by atoms with Crippen molar-refractivity contribution < 1.29 is 14.3 Å². The van der Waals surface area contributed by atoms with E-state index in [1.807, 2.05) is 29.2 Å². The summed E-state index contributed by atoms with van der Waals surface area (Å²) in [6.45, 7) is 5.19. The van der Waals surface area contributed by atoms with Gasteiger partial charge in [-0.1, -0.05) is 25.1 Å². The molecule has 0 bridgehead atoms. The molecule has 0 aliphatic carbocycles. The van der Waals surface area contributed by atoms with Crippen LogP contribution >= 0.6 is 0 Å². The highest BCUT2D eigenvalue weighted by molar-refractivity contribution is 5.97. The zero-order valence-corrected chi connectivity index (χ0v) is 16.5. The van der Waals surface area contributed by atoms with Crippen LogP contribution in [0.1, 0.15) is 22.8 Å². The summed E-state index contributed by atoms with van der Waals surface area (Å²) < 4.78 is 5.53. The molecule has 1 fully saturated rings. The third-order valence-electron chi connectivity index (χ3n) is 4.89. The molecule has 2 amide bonds. The van der Waals surface area contributed by atoms with Crippen LogP contribution in [0, 0.1) is 0 Å². The molecule has 2 aromatic carbocycles. The van der Waals surface area contributed by atoms with Crippen molar-refractivity contribution in [3.8, 4) is 5.75 Å². The van der Waals surface area contributed by atoms with E-state index in [0.29, 0.717) is 17.0 Å². The molecular weight excluding hydrogens is 354 g/mol. The molecule has 2 aromatic rings. The number of aryl methyl sites for hydroxylation is 1. The first-order valence-corrected chi connectivity index (χ1v) is 9.64. The SMILES string of the molecule is CCc1ccc(OCC(=O)Nc2cccc(C(=O)N3CCN(C)CC3)c2)cc1. The number of hydrogen-bond donors (Lipinski definition) is 1. The monoisotopic (exact) mass is 381 g/mol. The molecule has 1 N–H and O–H groups in total. The van der Waals surface area contributed by atoms with Crippen LogP contribution in [0.15, 0.2) is 48.5 Å². The van der Waals surface area contributed by atoms with E-state index in [1.165, 1.54) is 5.56 Å². The van der Waals surface area contributed by atoms with Gasteiger partial charge in [-0.25, -0.2) is 0 Å². The van der Waals surface area contributed by atoms with Crippen LogP contribution in [0.4, 0.5) is 5.69 Å². The minimum atomic E-state index is -0.260. The van der Waals surface area contributed by atoms with E-state index in [9.17, 15) is 9.59 Å². The summed E-state index contributed by atoms with van der Waals surface area (Å²) in [4.78, 5) is 28.9. The van der Waals surface area contributed by atoms with Crippen molar-refractivity contribution in [2.75, 3.05) is 45.2 Å². The molecule has 148 valence electrons. The topological polar surface area (TPSA) is 61.9 Å². The molecule has 0 saturated carbocycles. The molecule has 1 aliphatic heterocycles. The Balaban J connectivity index is 1.54. The number of nitrogens with one attached hydrogen (secondary N) is 1. The molecule has 6 nitrogen and oxygen atoms in total. The van der Waals surface area contributed by atoms with E-state index in [-0.39, 0.29) is 18.4 Å². The zero-order valence-electron chi connectivity index (χ0n) is 16.5. The quantitative estimate of drug-likeness (QED) is 0.836. The van der Waals surface area contributed by atoms with Crippen molar-refractivity contribution in [2.45, 2.75) is 13.3 Å². The Labute approximate surface area is 166 Å². The van der Waals surface area contributed by atoms with Crippen molar-refractivity contribution >= 4 is 17.5 Å². The van der Waals surface area contributed by atoms with Crippen LogP contribution < -0.4 is 10.1 Å². The molecule has 0 unspecified atom stereocenters. The summed E-state index contributed by atoms with van der Waals surface area (Å²) in [5.41, 5.74) is 2.40. The predicted molar refractivity (Wildman–Crippen MR) is 110 cm³/mol. The standard InChI is InChI=1S/C22H27N3O3/c1-3-17-7-9-20(10-8-17)28-16-21(26)23-19-6-4-5-18(15-19)22(27)25-13-11-24(2)12-14-25/h4-10,15H,3,11-14,16H2,1-2H3,(H,23,26). The number of carbonyl (C=O) groups is 2. The lowest BCUT2D eigenvalue weighted by Gasteiger charge is -2.32. The zero-order chi connectivity index (χ0) is 19.9. The number of likely N-dealkylation sites (N-methyl/N-ethyl adjacent to an activating group) is 1. The van der Waals surface area contributed by atoms with E-state index in [0.717, 1.165) is 32.6 Å². The summed E-state index contributed by atoms with van der Waals surface area (Å²) in [6.07, 6.45) is 0.962. The molecule has 1 aliphatic rings. The van der Waals surface area contributed by atoms with E-state index >= 15 is 0 Å². The summed E-state index contributed by atoms with van der Waals surface area (Å²) in [6, 6.07) is 14.7. The van der Waals surface area contributed by atoms with Crippen LogP contribution in [0.5, 0.6) is 5.75 Å². The minimum Gasteiger partial charge on any atom is -0.484 e. The first-order chi connectivity index (χ1) is 13.5. The molecule has 1 saturated heterocycles. The van der Waals surface area contributed by atoms with Crippen molar-refractivity contribution in [1.29, 1.82) is 0 Å². The second-order valence-corrected chi connectivity index (χ2v) is 7.01. The molecule has 28 heavy (non-hydrogen) atoms. The number of carbonyl (C=O) groups excluding carboxylic acids is 2.